The van der Waals surface area contributed by atoms with Gasteiger partial charge in [0, 0.05) is 18.6 Å². The van der Waals surface area contributed by atoms with Crippen molar-refractivity contribution in [2.24, 2.45) is 5.92 Å². The monoisotopic (exact) mass is 334 g/mol. The molecule has 6 heteroatoms. The lowest BCUT2D eigenvalue weighted by Gasteiger charge is -2.28. The number of amides is 1. The molecular weight excluding hydrogens is 308 g/mol. The number of rotatable bonds is 1. The number of likely N-dealkylation sites (tertiary alicyclic amines) is 1. The maximum Gasteiger partial charge on any atom is 0.411 e. The van der Waals surface area contributed by atoms with Crippen LogP contribution in [0.1, 0.15) is 46.5 Å². The number of aliphatic carboxylic acids is 1. The first-order valence-electron chi connectivity index (χ1n) is 8.67. The molecule has 4 aliphatic rings. The van der Waals surface area contributed by atoms with Crippen LogP contribution in [0.5, 0.6) is 0 Å². The highest BCUT2D eigenvalue weighted by molar-refractivity contribution is 5.74. The molecule has 4 rings (SSSR count). The summed E-state index contributed by atoms with van der Waals surface area (Å²) in [5.41, 5.74) is -0.441. The van der Waals surface area contributed by atoms with Gasteiger partial charge in [0.25, 0.3) is 0 Å². The maximum atomic E-state index is 11.9. The Morgan fingerprint density at radius 2 is 1.96 bits per heavy atom. The minimum atomic E-state index is -0.644. The molecule has 24 heavy (non-hydrogen) atoms. The van der Waals surface area contributed by atoms with Crippen molar-refractivity contribution in [3.05, 3.63) is 0 Å². The summed E-state index contributed by atoms with van der Waals surface area (Å²) >= 11 is 0. The van der Waals surface area contributed by atoms with Crippen LogP contribution in [-0.4, -0.2) is 63.3 Å². The summed E-state index contributed by atoms with van der Waals surface area (Å²) in [7, 11) is 0. The molecule has 1 aliphatic carbocycles. The average Bonchev–Trinajstić information content (AvgIpc) is 3.34. The van der Waals surface area contributed by atoms with E-state index >= 15 is 0 Å². The van der Waals surface area contributed by atoms with Gasteiger partial charge in [-0.25, -0.2) is 4.79 Å². The minimum absolute atomic E-state index is 0.0522. The first-order chi connectivity index (χ1) is 11.2. The predicted molar refractivity (Wildman–Crippen MR) is 88.4 cm³/mol. The zero-order chi connectivity index (χ0) is 17.6. The van der Waals surface area contributed by atoms with E-state index in [-0.39, 0.29) is 18.2 Å². The third-order valence-electron chi connectivity index (χ3n) is 5.12. The van der Waals surface area contributed by atoms with E-state index in [2.05, 4.69) is 5.92 Å². The lowest BCUT2D eigenvalue weighted by molar-refractivity contribution is -0.140. The Bertz CT molecular complexity index is 577. The maximum absolute atomic E-state index is 11.9. The van der Waals surface area contributed by atoms with Gasteiger partial charge in [-0.2, -0.15) is 0 Å². The van der Waals surface area contributed by atoms with Gasteiger partial charge in [0.1, 0.15) is 11.6 Å². The van der Waals surface area contributed by atoms with Gasteiger partial charge >= 0.3 is 12.1 Å². The van der Waals surface area contributed by atoms with E-state index in [0.29, 0.717) is 18.0 Å². The van der Waals surface area contributed by atoms with E-state index in [4.69, 9.17) is 16.3 Å². The van der Waals surface area contributed by atoms with Gasteiger partial charge < -0.3 is 9.84 Å². The molecule has 6 atom stereocenters. The molecule has 3 aliphatic heterocycles. The van der Waals surface area contributed by atoms with Gasteiger partial charge in [0.15, 0.2) is 0 Å². The fourth-order valence-corrected chi connectivity index (χ4v) is 3.80. The number of carbonyl (C=O) groups is 2. The molecule has 0 spiro atoms. The second-order valence-electron chi connectivity index (χ2n) is 8.15. The summed E-state index contributed by atoms with van der Waals surface area (Å²) in [4.78, 5) is 26.1. The Kier molecular flexibility index (Phi) is 4.25. The molecule has 132 valence electrons. The molecule has 0 aromatic carbocycles. The first kappa shape index (κ1) is 17.1. The Balaban J connectivity index is 0.000000159. The number of hydrogen-bond acceptors (Lipinski definition) is 4. The number of nitrogens with zero attached hydrogens (tertiary/aromatic N) is 2. The van der Waals surface area contributed by atoms with Crippen molar-refractivity contribution in [1.82, 2.24) is 9.80 Å². The highest BCUT2D eigenvalue weighted by Crippen LogP contribution is 2.48. The van der Waals surface area contributed by atoms with Crippen LogP contribution in [0.15, 0.2) is 0 Å². The van der Waals surface area contributed by atoms with Crippen LogP contribution in [0.3, 0.4) is 0 Å². The Morgan fingerprint density at radius 1 is 1.25 bits per heavy atom. The third-order valence-corrected chi connectivity index (χ3v) is 5.12. The van der Waals surface area contributed by atoms with E-state index in [1.54, 1.807) is 4.90 Å². The van der Waals surface area contributed by atoms with E-state index in [9.17, 15) is 9.59 Å². The minimum Gasteiger partial charge on any atom is -0.480 e. The van der Waals surface area contributed by atoms with Crippen molar-refractivity contribution >= 4 is 12.1 Å². The molecule has 0 bridgehead atoms. The molecule has 0 aromatic rings. The number of piperidine rings is 2. The Labute approximate surface area is 143 Å². The number of carboxylic acids is 1. The molecule has 0 radical (unpaired) electrons. The van der Waals surface area contributed by atoms with Crippen LogP contribution in [0.25, 0.3) is 0 Å². The third kappa shape index (κ3) is 3.51. The molecule has 6 nitrogen and oxygen atoms in total. The standard InChI is InChI=1S/C12H17NO2.C6H9NO2/c1-5-9-6-8-7-10(8)13(9)11(14)15-12(2,3)4;8-6(9)5-2-1-4-3-7(4)5/h1,8-10H,6-7H2,2-4H3;4-5H,1-3H2,(H,8,9). The zero-order valence-electron chi connectivity index (χ0n) is 14.6. The summed E-state index contributed by atoms with van der Waals surface area (Å²) < 4.78 is 5.34. The summed E-state index contributed by atoms with van der Waals surface area (Å²) in [6.45, 7) is 6.64. The normalized spacial score (nSPS) is 38.2. The fourth-order valence-electron chi connectivity index (χ4n) is 3.80. The SMILES string of the molecule is C#CC1CC2CC2N1C(=O)OC(C)(C)C.O=C(O)C1CCC2CN21. The van der Waals surface area contributed by atoms with Gasteiger partial charge in [0.2, 0.25) is 0 Å². The molecule has 1 N–H and O–H groups in total. The highest BCUT2D eigenvalue weighted by Gasteiger charge is 2.54. The van der Waals surface area contributed by atoms with Gasteiger partial charge in [-0.1, -0.05) is 5.92 Å². The topological polar surface area (TPSA) is 69.9 Å². The van der Waals surface area contributed by atoms with Crippen molar-refractivity contribution in [2.45, 2.75) is 76.2 Å². The van der Waals surface area contributed by atoms with Crippen LogP contribution in [0, 0.1) is 18.3 Å². The van der Waals surface area contributed by atoms with Crippen LogP contribution in [0.4, 0.5) is 4.79 Å². The van der Waals surface area contributed by atoms with Crippen LogP contribution >= 0.6 is 0 Å². The second-order valence-corrected chi connectivity index (χ2v) is 8.15. The number of fused-ring (bicyclic) bond motifs is 2. The van der Waals surface area contributed by atoms with Gasteiger partial charge in [-0.05, 0) is 52.4 Å². The molecule has 6 unspecified atom stereocenters. The summed E-state index contributed by atoms with van der Waals surface area (Å²) in [6, 6.07) is 0.783. The quantitative estimate of drug-likeness (QED) is 0.586. The van der Waals surface area contributed by atoms with Crippen molar-refractivity contribution < 1.29 is 19.4 Å². The summed E-state index contributed by atoms with van der Waals surface area (Å²) in [6.07, 6.45) is 9.15. The van der Waals surface area contributed by atoms with Gasteiger partial charge in [-0.15, -0.1) is 6.42 Å². The van der Waals surface area contributed by atoms with Gasteiger partial charge in [-0.3, -0.25) is 14.6 Å². The summed E-state index contributed by atoms with van der Waals surface area (Å²) in [5, 5.41) is 8.57. The predicted octanol–water partition coefficient (Wildman–Crippen LogP) is 1.94. The number of terminal acetylenes is 1. The van der Waals surface area contributed by atoms with E-state index in [1.165, 1.54) is 0 Å². The zero-order valence-corrected chi connectivity index (χ0v) is 14.6. The molecule has 4 fully saturated rings. The van der Waals surface area contributed by atoms with Crippen LogP contribution in [0.2, 0.25) is 0 Å². The van der Waals surface area contributed by atoms with Crippen LogP contribution < -0.4 is 0 Å². The smallest absolute Gasteiger partial charge is 0.411 e. The van der Waals surface area contributed by atoms with E-state index in [0.717, 1.165) is 32.2 Å². The first-order valence-corrected chi connectivity index (χ1v) is 8.67. The van der Waals surface area contributed by atoms with Crippen molar-refractivity contribution in [1.29, 1.82) is 0 Å². The van der Waals surface area contributed by atoms with E-state index in [1.807, 2.05) is 25.7 Å². The molecule has 3 heterocycles. The highest BCUT2D eigenvalue weighted by atomic mass is 16.6. The molecule has 0 aromatic heterocycles. The number of ether oxygens (including phenoxy) is 1. The molecular formula is C18H26N2O4. The van der Waals surface area contributed by atoms with Crippen molar-refractivity contribution in [2.75, 3.05) is 6.54 Å². The molecule has 1 amide bonds. The average molecular weight is 334 g/mol. The van der Waals surface area contributed by atoms with Crippen molar-refractivity contribution in [3.63, 3.8) is 0 Å². The Morgan fingerprint density at radius 3 is 2.38 bits per heavy atom. The number of carboxylic acid groups (broad SMARTS) is 1. The largest absolute Gasteiger partial charge is 0.480 e. The number of hydrogen-bond donors (Lipinski definition) is 1. The van der Waals surface area contributed by atoms with Crippen LogP contribution in [-0.2, 0) is 9.53 Å². The Hall–Kier alpha value is -1.74. The number of carbonyl (C=O) groups excluding carboxylic acids is 1. The molecule has 1 saturated carbocycles. The van der Waals surface area contributed by atoms with Gasteiger partial charge in [0.05, 0.1) is 6.04 Å². The molecule has 3 saturated heterocycles. The van der Waals surface area contributed by atoms with Crippen molar-refractivity contribution in [3.8, 4) is 12.3 Å². The van der Waals surface area contributed by atoms with E-state index < -0.39 is 11.6 Å². The lowest BCUT2D eigenvalue weighted by Crippen LogP contribution is -2.41. The second kappa shape index (κ2) is 5.96. The fraction of sp³-hybridized carbons (Fsp3) is 0.778. The lowest BCUT2D eigenvalue weighted by atomic mass is 10.2. The summed E-state index contributed by atoms with van der Waals surface area (Å²) in [5.74, 6) is 2.65.